The van der Waals surface area contributed by atoms with E-state index in [0.29, 0.717) is 6.42 Å². The summed E-state index contributed by atoms with van der Waals surface area (Å²) in [6.07, 6.45) is 3.29. The van der Waals surface area contributed by atoms with Gasteiger partial charge in [-0.05, 0) is 12.7 Å². The van der Waals surface area contributed by atoms with Crippen LogP contribution in [0.1, 0.15) is 19.8 Å². The van der Waals surface area contributed by atoms with E-state index in [9.17, 15) is 4.79 Å². The average molecular weight is 191 g/mol. The summed E-state index contributed by atoms with van der Waals surface area (Å²) in [4.78, 5) is 11.1. The van der Waals surface area contributed by atoms with Crippen molar-refractivity contribution < 1.29 is 9.90 Å². The number of rotatable bonds is 6. The number of aliphatic hydroxyl groups excluding tert-OH is 1. The molecule has 12 heavy (non-hydrogen) atoms. The zero-order valence-electron chi connectivity index (χ0n) is 7.67. The Labute approximate surface area is 77.9 Å². The zero-order valence-corrected chi connectivity index (χ0v) is 8.49. The van der Waals surface area contributed by atoms with Crippen LogP contribution in [0, 0.1) is 0 Å². The Morgan fingerprint density at radius 1 is 1.67 bits per heavy atom. The van der Waals surface area contributed by atoms with Crippen LogP contribution >= 0.6 is 11.8 Å². The maximum absolute atomic E-state index is 11.1. The van der Waals surface area contributed by atoms with Gasteiger partial charge in [-0.1, -0.05) is 6.92 Å². The van der Waals surface area contributed by atoms with E-state index in [4.69, 9.17) is 5.11 Å². The van der Waals surface area contributed by atoms with Crippen LogP contribution in [0.15, 0.2) is 0 Å². The summed E-state index contributed by atoms with van der Waals surface area (Å²) in [5, 5.41) is 11.5. The molecule has 0 bridgehead atoms. The quantitative estimate of drug-likeness (QED) is 0.647. The molecule has 3 nitrogen and oxygen atoms in total. The lowest BCUT2D eigenvalue weighted by molar-refractivity contribution is -0.121. The molecule has 0 fully saturated rings. The molecule has 0 spiro atoms. The Balaban J connectivity index is 3.52. The van der Waals surface area contributed by atoms with Crippen molar-refractivity contribution in [3.05, 3.63) is 0 Å². The van der Waals surface area contributed by atoms with E-state index in [1.807, 2.05) is 13.2 Å². The molecule has 0 radical (unpaired) electrons. The van der Waals surface area contributed by atoms with E-state index in [1.165, 1.54) is 0 Å². The maximum Gasteiger partial charge on any atom is 0.221 e. The molecule has 0 saturated carbocycles. The van der Waals surface area contributed by atoms with E-state index >= 15 is 0 Å². The molecule has 0 unspecified atom stereocenters. The number of hydrogen-bond acceptors (Lipinski definition) is 3. The fourth-order valence-electron chi connectivity index (χ4n) is 0.771. The second-order valence-electron chi connectivity index (χ2n) is 2.60. The monoisotopic (exact) mass is 191 g/mol. The first-order chi connectivity index (χ1) is 5.74. The molecule has 2 N–H and O–H groups in total. The molecule has 0 aliphatic heterocycles. The molecule has 1 amide bonds. The number of thioether (sulfide) groups is 1. The van der Waals surface area contributed by atoms with Gasteiger partial charge < -0.3 is 10.4 Å². The van der Waals surface area contributed by atoms with Crippen molar-refractivity contribution >= 4 is 17.7 Å². The van der Waals surface area contributed by atoms with Crippen LogP contribution in [-0.2, 0) is 4.79 Å². The predicted octanol–water partition coefficient (Wildman–Crippen LogP) is 0.627. The zero-order chi connectivity index (χ0) is 9.40. The molecule has 0 saturated heterocycles. The van der Waals surface area contributed by atoms with Gasteiger partial charge in [-0.15, -0.1) is 0 Å². The van der Waals surface area contributed by atoms with Crippen LogP contribution in [0.5, 0.6) is 0 Å². The van der Waals surface area contributed by atoms with E-state index in [0.717, 1.165) is 12.2 Å². The fraction of sp³-hybridized carbons (Fsp3) is 0.875. The second-order valence-corrected chi connectivity index (χ2v) is 3.58. The highest BCUT2D eigenvalue weighted by Crippen LogP contribution is 1.96. The summed E-state index contributed by atoms with van der Waals surface area (Å²) in [5.74, 6) is 0.874. The van der Waals surface area contributed by atoms with Crippen LogP contribution < -0.4 is 5.32 Å². The van der Waals surface area contributed by atoms with Gasteiger partial charge in [0.05, 0.1) is 12.6 Å². The Morgan fingerprint density at radius 3 is 2.75 bits per heavy atom. The minimum absolute atomic E-state index is 0.0293. The molecule has 4 heteroatoms. The third kappa shape index (κ3) is 5.43. The molecule has 0 aliphatic rings. The normalized spacial score (nSPS) is 12.6. The van der Waals surface area contributed by atoms with E-state index in [2.05, 4.69) is 5.32 Å². The molecule has 1 atom stereocenters. The molecular weight excluding hydrogens is 174 g/mol. The van der Waals surface area contributed by atoms with Crippen LogP contribution in [0.2, 0.25) is 0 Å². The van der Waals surface area contributed by atoms with E-state index in [-0.39, 0.29) is 18.6 Å². The molecule has 72 valence electrons. The Bertz CT molecular complexity index is 126. The molecule has 0 aliphatic carbocycles. The molecular formula is C8H17NO2S. The smallest absolute Gasteiger partial charge is 0.221 e. The van der Waals surface area contributed by atoms with Gasteiger partial charge in [0.15, 0.2) is 0 Å². The average Bonchev–Trinajstić information content (AvgIpc) is 2.10. The standard InChI is InChI=1S/C8H17NO2S/c1-3-7(6-10)9-8(11)4-5-12-2/h7,10H,3-6H2,1-2H3,(H,9,11)/t7-/m1/s1. The summed E-state index contributed by atoms with van der Waals surface area (Å²) < 4.78 is 0. The topological polar surface area (TPSA) is 49.3 Å². The first kappa shape index (κ1) is 11.8. The Hall–Kier alpha value is -0.220. The maximum atomic E-state index is 11.1. The molecule has 0 rings (SSSR count). The number of hydrogen-bond donors (Lipinski definition) is 2. The Kier molecular flexibility index (Phi) is 7.29. The van der Waals surface area contributed by atoms with Crippen molar-refractivity contribution in [1.82, 2.24) is 5.32 Å². The van der Waals surface area contributed by atoms with Crippen LogP contribution in [0.3, 0.4) is 0 Å². The predicted molar refractivity (Wildman–Crippen MR) is 52.3 cm³/mol. The highest BCUT2D eigenvalue weighted by molar-refractivity contribution is 7.98. The van der Waals surface area contributed by atoms with Gasteiger partial charge in [0.2, 0.25) is 5.91 Å². The molecule has 0 aromatic carbocycles. The number of carbonyl (C=O) groups is 1. The summed E-state index contributed by atoms with van der Waals surface area (Å²) in [5.41, 5.74) is 0. The molecule has 0 heterocycles. The Morgan fingerprint density at radius 2 is 2.33 bits per heavy atom. The third-order valence-electron chi connectivity index (χ3n) is 1.61. The van der Waals surface area contributed by atoms with Gasteiger partial charge in [0.25, 0.3) is 0 Å². The largest absolute Gasteiger partial charge is 0.394 e. The minimum Gasteiger partial charge on any atom is -0.394 e. The van der Waals surface area contributed by atoms with E-state index in [1.54, 1.807) is 11.8 Å². The van der Waals surface area contributed by atoms with Gasteiger partial charge in [-0.25, -0.2) is 0 Å². The van der Waals surface area contributed by atoms with Gasteiger partial charge in [0.1, 0.15) is 0 Å². The van der Waals surface area contributed by atoms with E-state index < -0.39 is 0 Å². The summed E-state index contributed by atoms with van der Waals surface area (Å²) in [6, 6.07) is -0.0700. The van der Waals surface area contributed by atoms with Crippen molar-refractivity contribution in [3.63, 3.8) is 0 Å². The lowest BCUT2D eigenvalue weighted by atomic mass is 10.2. The van der Waals surface area contributed by atoms with Gasteiger partial charge in [-0.3, -0.25) is 4.79 Å². The number of amides is 1. The summed E-state index contributed by atoms with van der Waals surface area (Å²) in [6.45, 7) is 1.97. The van der Waals surface area contributed by atoms with Crippen molar-refractivity contribution in [3.8, 4) is 0 Å². The van der Waals surface area contributed by atoms with Crippen LogP contribution in [0.25, 0.3) is 0 Å². The highest BCUT2D eigenvalue weighted by atomic mass is 32.2. The lowest BCUT2D eigenvalue weighted by Crippen LogP contribution is -2.37. The first-order valence-corrected chi connectivity index (χ1v) is 5.53. The third-order valence-corrected chi connectivity index (χ3v) is 2.22. The van der Waals surface area contributed by atoms with Crippen molar-refractivity contribution in [2.75, 3.05) is 18.6 Å². The SMILES string of the molecule is CC[C@H](CO)NC(=O)CCSC. The molecule has 0 aromatic heterocycles. The number of aliphatic hydroxyl groups is 1. The summed E-state index contributed by atoms with van der Waals surface area (Å²) >= 11 is 1.65. The minimum atomic E-state index is -0.0700. The lowest BCUT2D eigenvalue weighted by Gasteiger charge is -2.13. The molecule has 0 aromatic rings. The number of nitrogens with one attached hydrogen (secondary N) is 1. The second kappa shape index (κ2) is 7.43. The van der Waals surface area contributed by atoms with Crippen LogP contribution in [-0.4, -0.2) is 35.7 Å². The van der Waals surface area contributed by atoms with Gasteiger partial charge in [-0.2, -0.15) is 11.8 Å². The van der Waals surface area contributed by atoms with Gasteiger partial charge >= 0.3 is 0 Å². The van der Waals surface area contributed by atoms with Crippen molar-refractivity contribution in [2.24, 2.45) is 0 Å². The highest BCUT2D eigenvalue weighted by Gasteiger charge is 2.07. The van der Waals surface area contributed by atoms with Crippen molar-refractivity contribution in [1.29, 1.82) is 0 Å². The number of carbonyl (C=O) groups excluding carboxylic acids is 1. The summed E-state index contributed by atoms with van der Waals surface area (Å²) in [7, 11) is 0. The fourth-order valence-corrected chi connectivity index (χ4v) is 1.16. The first-order valence-electron chi connectivity index (χ1n) is 4.13. The van der Waals surface area contributed by atoms with Crippen molar-refractivity contribution in [2.45, 2.75) is 25.8 Å². The van der Waals surface area contributed by atoms with Gasteiger partial charge in [0, 0.05) is 12.2 Å². The van der Waals surface area contributed by atoms with Crippen LogP contribution in [0.4, 0.5) is 0 Å².